The lowest BCUT2D eigenvalue weighted by molar-refractivity contribution is 0.245. The minimum Gasteiger partial charge on any atom is -0.385 e. The van der Waals surface area contributed by atoms with Crippen molar-refractivity contribution in [1.29, 1.82) is 0 Å². The predicted octanol–water partition coefficient (Wildman–Crippen LogP) is 4.86. The summed E-state index contributed by atoms with van der Waals surface area (Å²) in [6.45, 7) is 14.1. The van der Waals surface area contributed by atoms with E-state index in [0.717, 1.165) is 42.0 Å². The normalized spacial score (nSPS) is 14.3. The van der Waals surface area contributed by atoms with Crippen LogP contribution in [0.2, 0.25) is 0 Å². The first-order valence-electron chi connectivity index (χ1n) is 12.4. The fourth-order valence-electron chi connectivity index (χ4n) is 3.65. The first kappa shape index (κ1) is 29.6. The van der Waals surface area contributed by atoms with Gasteiger partial charge in [0.15, 0.2) is 5.76 Å². The Labute approximate surface area is 220 Å². The van der Waals surface area contributed by atoms with E-state index in [4.69, 9.17) is 10.3 Å². The van der Waals surface area contributed by atoms with Crippen molar-refractivity contribution in [3.63, 3.8) is 0 Å². The molecule has 0 saturated carbocycles. The van der Waals surface area contributed by atoms with E-state index in [-0.39, 0.29) is 5.84 Å². The summed E-state index contributed by atoms with van der Waals surface area (Å²) in [5, 5.41) is 14.8. The fraction of sp³-hybridized carbons (Fsp3) is 0.379. The summed E-state index contributed by atoms with van der Waals surface area (Å²) in [5.74, 6) is 0.943. The number of nitrogens with zero attached hydrogens (tertiary/aromatic N) is 5. The van der Waals surface area contributed by atoms with Crippen LogP contribution in [-0.4, -0.2) is 66.7 Å². The summed E-state index contributed by atoms with van der Waals surface area (Å²) in [6.07, 6.45) is 7.65. The zero-order valence-electron chi connectivity index (χ0n) is 22.9. The highest BCUT2D eigenvalue weighted by Crippen LogP contribution is 2.24. The molecule has 0 bridgehead atoms. The number of benzene rings is 1. The van der Waals surface area contributed by atoms with Gasteiger partial charge in [0.25, 0.3) is 0 Å². The third-order valence-electron chi connectivity index (χ3n) is 5.87. The van der Waals surface area contributed by atoms with Gasteiger partial charge in [-0.2, -0.15) is 0 Å². The minimum absolute atomic E-state index is 0.203. The Morgan fingerprint density at radius 1 is 1.27 bits per heavy atom. The Balaban J connectivity index is 2.03. The van der Waals surface area contributed by atoms with Gasteiger partial charge >= 0.3 is 0 Å². The Bertz CT molecular complexity index is 1190. The van der Waals surface area contributed by atoms with Crippen LogP contribution in [0.25, 0.3) is 11.3 Å². The average molecular weight is 505 g/mol. The number of aliphatic hydroxyl groups is 1. The van der Waals surface area contributed by atoms with Crippen LogP contribution in [0.4, 0.5) is 0 Å². The van der Waals surface area contributed by atoms with Crippen molar-refractivity contribution >= 4 is 29.0 Å². The van der Waals surface area contributed by atoms with Crippen LogP contribution in [0.3, 0.4) is 0 Å². The zero-order chi connectivity index (χ0) is 27.4. The molecule has 1 unspecified atom stereocenters. The van der Waals surface area contributed by atoms with Crippen LogP contribution in [-0.2, 0) is 0 Å². The summed E-state index contributed by atoms with van der Waals surface area (Å²) < 4.78 is 5.57. The van der Waals surface area contributed by atoms with Crippen molar-refractivity contribution in [2.24, 2.45) is 20.7 Å². The molecule has 2 rings (SSSR count). The largest absolute Gasteiger partial charge is 0.385 e. The van der Waals surface area contributed by atoms with Crippen molar-refractivity contribution in [3.8, 4) is 0 Å². The van der Waals surface area contributed by atoms with Crippen LogP contribution < -0.4 is 5.73 Å². The number of hydrogen-bond donors (Lipinski definition) is 2. The molecule has 3 N–H and O–H groups in total. The van der Waals surface area contributed by atoms with E-state index >= 15 is 0 Å². The molecule has 8 heteroatoms. The molecule has 0 aliphatic heterocycles. The predicted molar refractivity (Wildman–Crippen MR) is 155 cm³/mol. The lowest BCUT2D eigenvalue weighted by Crippen LogP contribution is -2.24. The lowest BCUT2D eigenvalue weighted by Gasteiger charge is -2.14. The zero-order valence-corrected chi connectivity index (χ0v) is 22.9. The number of nitrogens with two attached hydrogens (primary N) is 1. The number of aliphatic hydroxyl groups excluding tert-OH is 1. The molecule has 1 aromatic carbocycles. The molecule has 8 nitrogen and oxygen atoms in total. The smallest absolute Gasteiger partial charge is 0.166 e. The van der Waals surface area contributed by atoms with E-state index in [1.165, 1.54) is 0 Å². The second-order valence-corrected chi connectivity index (χ2v) is 8.89. The monoisotopic (exact) mass is 504 g/mol. The van der Waals surface area contributed by atoms with Crippen molar-refractivity contribution in [1.82, 2.24) is 10.1 Å². The number of rotatable bonds is 13. The summed E-state index contributed by atoms with van der Waals surface area (Å²) in [7, 11) is 3.79. The Hall–Kier alpha value is -3.62. The van der Waals surface area contributed by atoms with E-state index in [9.17, 15) is 5.11 Å². The molecule has 0 fully saturated rings. The summed E-state index contributed by atoms with van der Waals surface area (Å²) in [4.78, 5) is 15.1. The van der Waals surface area contributed by atoms with Gasteiger partial charge in [-0.3, -0.25) is 15.0 Å². The molecule has 2 aromatic rings. The van der Waals surface area contributed by atoms with Crippen molar-refractivity contribution in [2.75, 3.05) is 33.7 Å². The first-order valence-corrected chi connectivity index (χ1v) is 12.4. The van der Waals surface area contributed by atoms with Crippen LogP contribution >= 0.6 is 0 Å². The molecule has 0 saturated heterocycles. The molecular formula is C29H40N6O2. The quantitative estimate of drug-likeness (QED) is 0.175. The van der Waals surface area contributed by atoms with Crippen molar-refractivity contribution < 1.29 is 9.63 Å². The lowest BCUT2D eigenvalue weighted by atomic mass is 10.0. The van der Waals surface area contributed by atoms with Crippen molar-refractivity contribution in [3.05, 3.63) is 77.2 Å². The van der Waals surface area contributed by atoms with E-state index in [1.54, 1.807) is 7.05 Å². The van der Waals surface area contributed by atoms with Gasteiger partial charge in [0.1, 0.15) is 17.6 Å². The second kappa shape index (κ2) is 14.8. The van der Waals surface area contributed by atoms with Gasteiger partial charge in [0.2, 0.25) is 0 Å². The molecular weight excluding hydrogens is 464 g/mol. The molecule has 198 valence electrons. The minimum atomic E-state index is -0.965. The van der Waals surface area contributed by atoms with Gasteiger partial charge in [-0.1, -0.05) is 54.2 Å². The first-order chi connectivity index (χ1) is 17.7. The topological polar surface area (TPSA) is 113 Å². The van der Waals surface area contributed by atoms with Gasteiger partial charge < -0.3 is 20.3 Å². The molecule has 1 atom stereocenters. The number of aliphatic imine (C=N–C) groups is 3. The number of amidine groups is 1. The van der Waals surface area contributed by atoms with Crippen molar-refractivity contribution in [2.45, 2.75) is 40.2 Å². The molecule has 0 aliphatic rings. The highest BCUT2D eigenvalue weighted by Gasteiger charge is 2.16. The maximum Gasteiger partial charge on any atom is 0.166 e. The van der Waals surface area contributed by atoms with E-state index < -0.39 is 6.10 Å². The van der Waals surface area contributed by atoms with Crippen LogP contribution in [0, 0.1) is 6.92 Å². The summed E-state index contributed by atoms with van der Waals surface area (Å²) in [6, 6.07) is 7.34. The Morgan fingerprint density at radius 2 is 1.97 bits per heavy atom. The molecule has 0 aliphatic carbocycles. The molecule has 37 heavy (non-hydrogen) atoms. The van der Waals surface area contributed by atoms with Gasteiger partial charge in [0, 0.05) is 31.9 Å². The maximum absolute atomic E-state index is 10.6. The molecule has 0 amide bonds. The number of aromatic nitrogens is 1. The van der Waals surface area contributed by atoms with Gasteiger partial charge in [-0.05, 0) is 64.4 Å². The number of allylic oxidation sites excluding steroid dienone is 4. The summed E-state index contributed by atoms with van der Waals surface area (Å²) in [5.41, 5.74) is 11.5. The van der Waals surface area contributed by atoms with E-state index in [1.807, 2.05) is 83.5 Å². The molecule has 0 spiro atoms. The van der Waals surface area contributed by atoms with Gasteiger partial charge in [0.05, 0.1) is 11.4 Å². The van der Waals surface area contributed by atoms with Gasteiger partial charge in [-0.25, -0.2) is 0 Å². The molecule has 1 heterocycles. The highest BCUT2D eigenvalue weighted by molar-refractivity contribution is 6.01. The van der Waals surface area contributed by atoms with Crippen LogP contribution in [0.15, 0.2) is 68.6 Å². The SMILES string of the molecule is C=C(N=C(C)c1noc(C(C)=CC=CC)c1C)c1ccc(C(O)C(N)=NCCCN(C)CC=NC)cc1. The van der Waals surface area contributed by atoms with Crippen LogP contribution in [0.5, 0.6) is 0 Å². The number of hydrogen-bond acceptors (Lipinski definition) is 7. The summed E-state index contributed by atoms with van der Waals surface area (Å²) >= 11 is 0. The Kier molecular flexibility index (Phi) is 11.9. The third-order valence-corrected chi connectivity index (χ3v) is 5.87. The Morgan fingerprint density at radius 3 is 2.62 bits per heavy atom. The molecule has 0 radical (unpaired) electrons. The van der Waals surface area contributed by atoms with E-state index in [0.29, 0.717) is 29.2 Å². The highest BCUT2D eigenvalue weighted by atomic mass is 16.5. The second-order valence-electron chi connectivity index (χ2n) is 8.89. The maximum atomic E-state index is 10.6. The third kappa shape index (κ3) is 8.77. The molecule has 1 aromatic heterocycles. The van der Waals surface area contributed by atoms with E-state index in [2.05, 4.69) is 31.6 Å². The van der Waals surface area contributed by atoms with Gasteiger partial charge in [-0.15, -0.1) is 0 Å². The van der Waals surface area contributed by atoms with Crippen LogP contribution in [0.1, 0.15) is 61.4 Å². The average Bonchev–Trinajstić information content (AvgIpc) is 3.29. The fourth-order valence-corrected chi connectivity index (χ4v) is 3.65. The standard InChI is InChI=1S/C29H40N6O2/c1-8-9-11-20(2)28-21(3)26(34-37-28)23(5)33-22(4)24-12-14-25(15-13-24)27(36)29(30)32-16-10-18-35(7)19-17-31-6/h8-9,11-15,17,27,36H,4,10,16,18-19H2,1-3,5-7H3,(H2,30,32).